The van der Waals surface area contributed by atoms with Gasteiger partial charge in [0.05, 0.1) is 0 Å². The van der Waals surface area contributed by atoms with Crippen molar-refractivity contribution >= 4 is 0 Å². The van der Waals surface area contributed by atoms with Crippen LogP contribution in [-0.4, -0.2) is 55.1 Å². The molecular formula is C15H31N3. The average molecular weight is 253 g/mol. The zero-order valence-electron chi connectivity index (χ0n) is 12.5. The molecule has 0 aliphatic carbocycles. The normalized spacial score (nSPS) is 32.2. The van der Waals surface area contributed by atoms with E-state index in [0.29, 0.717) is 0 Å². The van der Waals surface area contributed by atoms with Crippen LogP contribution in [0.3, 0.4) is 0 Å². The number of hydrogen-bond acceptors (Lipinski definition) is 3. The summed E-state index contributed by atoms with van der Waals surface area (Å²) in [7, 11) is 0. The fraction of sp³-hybridized carbons (Fsp3) is 1.00. The van der Waals surface area contributed by atoms with Gasteiger partial charge < -0.3 is 10.6 Å². The van der Waals surface area contributed by atoms with E-state index in [-0.39, 0.29) is 5.41 Å². The van der Waals surface area contributed by atoms with Crippen LogP contribution in [0.2, 0.25) is 0 Å². The second-order valence-corrected chi connectivity index (χ2v) is 7.04. The lowest BCUT2D eigenvalue weighted by Crippen LogP contribution is -2.50. The van der Waals surface area contributed by atoms with Crippen molar-refractivity contribution in [3.8, 4) is 0 Å². The minimum atomic E-state index is 0.255. The summed E-state index contributed by atoms with van der Waals surface area (Å²) in [5, 5.41) is 0. The van der Waals surface area contributed by atoms with Gasteiger partial charge in [0.2, 0.25) is 0 Å². The van der Waals surface area contributed by atoms with Gasteiger partial charge in [-0.1, -0.05) is 20.8 Å². The van der Waals surface area contributed by atoms with Crippen LogP contribution in [0.5, 0.6) is 0 Å². The molecule has 3 unspecified atom stereocenters. The van der Waals surface area contributed by atoms with Crippen LogP contribution in [0.25, 0.3) is 0 Å². The third-order valence-electron chi connectivity index (χ3n) is 4.76. The molecule has 0 saturated carbocycles. The number of piperidine rings is 1. The molecule has 2 aliphatic rings. The topological polar surface area (TPSA) is 32.5 Å². The van der Waals surface area contributed by atoms with Crippen LogP contribution in [-0.2, 0) is 0 Å². The molecule has 2 N–H and O–H groups in total. The highest BCUT2D eigenvalue weighted by atomic mass is 15.2. The van der Waals surface area contributed by atoms with Crippen molar-refractivity contribution in [1.82, 2.24) is 9.80 Å². The second kappa shape index (κ2) is 5.89. The first-order chi connectivity index (χ1) is 8.55. The molecule has 18 heavy (non-hydrogen) atoms. The molecule has 0 amide bonds. The summed E-state index contributed by atoms with van der Waals surface area (Å²) in [5.74, 6) is 0.916. The predicted molar refractivity (Wildman–Crippen MR) is 77.7 cm³/mol. The number of rotatable bonds is 6. The first-order valence-electron chi connectivity index (χ1n) is 7.72. The predicted octanol–water partition coefficient (Wildman–Crippen LogP) is 1.78. The van der Waals surface area contributed by atoms with Gasteiger partial charge in [-0.25, -0.2) is 0 Å². The van der Waals surface area contributed by atoms with Crippen molar-refractivity contribution in [2.45, 2.75) is 46.1 Å². The van der Waals surface area contributed by atoms with E-state index in [1.165, 1.54) is 52.0 Å². The fourth-order valence-corrected chi connectivity index (χ4v) is 3.67. The third-order valence-corrected chi connectivity index (χ3v) is 4.76. The van der Waals surface area contributed by atoms with Crippen LogP contribution in [0, 0.1) is 11.3 Å². The maximum atomic E-state index is 5.92. The molecule has 3 nitrogen and oxygen atoms in total. The lowest BCUT2D eigenvalue weighted by Gasteiger charge is -2.42. The first kappa shape index (κ1) is 14.3. The zero-order chi connectivity index (χ0) is 13.2. The van der Waals surface area contributed by atoms with E-state index in [4.69, 9.17) is 5.73 Å². The van der Waals surface area contributed by atoms with Gasteiger partial charge in [-0.05, 0) is 56.8 Å². The Hall–Kier alpha value is -0.120. The van der Waals surface area contributed by atoms with Crippen molar-refractivity contribution in [3.63, 3.8) is 0 Å². The van der Waals surface area contributed by atoms with Crippen molar-refractivity contribution in [2.75, 3.05) is 39.3 Å². The number of hydrogen-bond donors (Lipinski definition) is 1. The van der Waals surface area contributed by atoms with E-state index in [1.807, 2.05) is 0 Å². The molecular weight excluding hydrogens is 222 g/mol. The maximum absolute atomic E-state index is 5.92. The minimum absolute atomic E-state index is 0.255. The summed E-state index contributed by atoms with van der Waals surface area (Å²) >= 11 is 0. The Balaban J connectivity index is 2.00. The van der Waals surface area contributed by atoms with Crippen LogP contribution in [0.4, 0.5) is 0 Å². The molecule has 0 spiro atoms. The van der Waals surface area contributed by atoms with Gasteiger partial charge in [0, 0.05) is 19.1 Å². The summed E-state index contributed by atoms with van der Waals surface area (Å²) in [5.41, 5.74) is 6.18. The van der Waals surface area contributed by atoms with Gasteiger partial charge in [-0.3, -0.25) is 4.90 Å². The molecule has 0 aromatic heterocycles. The molecule has 2 saturated heterocycles. The fourth-order valence-electron chi connectivity index (χ4n) is 3.67. The van der Waals surface area contributed by atoms with Gasteiger partial charge >= 0.3 is 0 Å². The molecule has 106 valence electrons. The molecule has 3 atom stereocenters. The summed E-state index contributed by atoms with van der Waals surface area (Å²) < 4.78 is 0. The Morgan fingerprint density at radius 2 is 2.00 bits per heavy atom. The molecule has 2 fully saturated rings. The molecule has 0 radical (unpaired) electrons. The Labute approximate surface area is 113 Å². The summed E-state index contributed by atoms with van der Waals surface area (Å²) in [4.78, 5) is 5.39. The van der Waals surface area contributed by atoms with Crippen molar-refractivity contribution < 1.29 is 0 Å². The Bertz CT molecular complexity index is 264. The zero-order valence-corrected chi connectivity index (χ0v) is 12.5. The smallest absolute Gasteiger partial charge is 0.0149 e. The van der Waals surface area contributed by atoms with Gasteiger partial charge in [0.1, 0.15) is 0 Å². The van der Waals surface area contributed by atoms with Crippen LogP contribution in [0.1, 0.15) is 40.0 Å². The van der Waals surface area contributed by atoms with Crippen LogP contribution >= 0.6 is 0 Å². The largest absolute Gasteiger partial charge is 0.330 e. The lowest BCUT2D eigenvalue weighted by atomic mass is 9.88. The number of fused-ring (bicyclic) bond motifs is 2. The average Bonchev–Trinajstić information content (AvgIpc) is 2.71. The monoisotopic (exact) mass is 253 g/mol. The molecule has 2 bridgehead atoms. The maximum Gasteiger partial charge on any atom is 0.0149 e. The van der Waals surface area contributed by atoms with E-state index in [1.54, 1.807) is 0 Å². The molecule has 2 heterocycles. The highest BCUT2D eigenvalue weighted by Crippen LogP contribution is 2.32. The third kappa shape index (κ3) is 3.25. The van der Waals surface area contributed by atoms with Gasteiger partial charge in [0.25, 0.3) is 0 Å². The van der Waals surface area contributed by atoms with E-state index >= 15 is 0 Å². The van der Waals surface area contributed by atoms with E-state index in [0.717, 1.165) is 18.5 Å². The highest BCUT2D eigenvalue weighted by Gasteiger charge is 2.38. The number of nitrogens with zero attached hydrogens (tertiary/aromatic N) is 2. The number of nitrogens with two attached hydrogens (primary N) is 1. The molecule has 3 heteroatoms. The standard InChI is InChI=1S/C15H31N3/c1-4-7-18(12-15(2,3)11-16)14-6-9-17-8-5-13(14)10-17/h13-14H,4-12,16H2,1-3H3. The van der Waals surface area contributed by atoms with Crippen molar-refractivity contribution in [1.29, 1.82) is 0 Å². The SMILES string of the molecule is CCCN(CC(C)(C)CN)C1CCN2CCC1C2. The van der Waals surface area contributed by atoms with E-state index < -0.39 is 0 Å². The lowest BCUT2D eigenvalue weighted by molar-refractivity contribution is 0.0678. The van der Waals surface area contributed by atoms with Gasteiger partial charge in [0.15, 0.2) is 0 Å². The summed E-state index contributed by atoms with van der Waals surface area (Å²) in [6.45, 7) is 14.1. The van der Waals surface area contributed by atoms with Gasteiger partial charge in [-0.15, -0.1) is 0 Å². The minimum Gasteiger partial charge on any atom is -0.330 e. The highest BCUT2D eigenvalue weighted by molar-refractivity contribution is 4.93. The van der Waals surface area contributed by atoms with E-state index in [9.17, 15) is 0 Å². The van der Waals surface area contributed by atoms with Crippen LogP contribution in [0.15, 0.2) is 0 Å². The molecule has 2 aliphatic heterocycles. The van der Waals surface area contributed by atoms with Gasteiger partial charge in [-0.2, -0.15) is 0 Å². The molecule has 2 rings (SSSR count). The van der Waals surface area contributed by atoms with Crippen molar-refractivity contribution in [2.24, 2.45) is 17.1 Å². The van der Waals surface area contributed by atoms with Crippen LogP contribution < -0.4 is 5.73 Å². The first-order valence-corrected chi connectivity index (χ1v) is 7.72. The van der Waals surface area contributed by atoms with E-state index in [2.05, 4.69) is 30.6 Å². The van der Waals surface area contributed by atoms with Crippen molar-refractivity contribution in [3.05, 3.63) is 0 Å². The Morgan fingerprint density at radius 3 is 2.67 bits per heavy atom. The summed E-state index contributed by atoms with van der Waals surface area (Å²) in [6, 6.07) is 0.814. The molecule has 0 aromatic rings. The molecule has 0 aromatic carbocycles. The Kier molecular flexibility index (Phi) is 4.68. The Morgan fingerprint density at radius 1 is 1.28 bits per heavy atom. The quantitative estimate of drug-likeness (QED) is 0.783. The summed E-state index contributed by atoms with van der Waals surface area (Å²) in [6.07, 6.45) is 4.03. The second-order valence-electron chi connectivity index (χ2n) is 7.04.